The molecule has 0 radical (unpaired) electrons. The summed E-state index contributed by atoms with van der Waals surface area (Å²) < 4.78 is 0. The topological polar surface area (TPSA) is 86.2 Å². The molecule has 0 aromatic carbocycles. The summed E-state index contributed by atoms with van der Waals surface area (Å²) in [4.78, 5) is 6.49. The summed E-state index contributed by atoms with van der Waals surface area (Å²) >= 11 is 0. The van der Waals surface area contributed by atoms with E-state index in [4.69, 9.17) is 16.1 Å². The Morgan fingerprint density at radius 2 is 2.44 bits per heavy atom. The quantitative estimate of drug-likeness (QED) is 0.835. The van der Waals surface area contributed by atoms with Crippen LogP contribution in [0.15, 0.2) is 12.3 Å². The summed E-state index contributed by atoms with van der Waals surface area (Å²) in [6.07, 6.45) is 5.56. The second-order valence-corrected chi connectivity index (χ2v) is 4.56. The number of anilines is 2. The van der Waals surface area contributed by atoms with Crippen LogP contribution in [0.5, 0.6) is 0 Å². The molecule has 1 aromatic heterocycles. The van der Waals surface area contributed by atoms with Crippen molar-refractivity contribution in [3.63, 3.8) is 0 Å². The molecule has 0 saturated carbocycles. The van der Waals surface area contributed by atoms with E-state index >= 15 is 0 Å². The molecule has 1 aromatic rings. The Morgan fingerprint density at radius 1 is 1.61 bits per heavy atom. The maximum atomic E-state index is 8.98. The minimum atomic E-state index is 0.214. The summed E-state index contributed by atoms with van der Waals surface area (Å²) in [5, 5.41) is 17.9. The maximum absolute atomic E-state index is 8.98. The van der Waals surface area contributed by atoms with Gasteiger partial charge in [-0.15, -0.1) is 0 Å². The predicted octanol–water partition coefficient (Wildman–Crippen LogP) is 1.28. The van der Waals surface area contributed by atoms with Gasteiger partial charge in [0.15, 0.2) is 5.82 Å². The molecule has 3 N–H and O–H groups in total. The van der Waals surface area contributed by atoms with Gasteiger partial charge in [-0.05, 0) is 31.7 Å². The van der Waals surface area contributed by atoms with Crippen LogP contribution >= 0.6 is 0 Å². The Labute approximate surface area is 107 Å². The van der Waals surface area contributed by atoms with Crippen LogP contribution in [0.3, 0.4) is 0 Å². The number of hydrogen-bond acceptors (Lipinski definition) is 5. The zero-order valence-electron chi connectivity index (χ0n) is 10.3. The van der Waals surface area contributed by atoms with Gasteiger partial charge in [0.1, 0.15) is 6.07 Å². The molecular formula is C13H18N4O. The molecule has 5 heteroatoms. The third-order valence-electron chi connectivity index (χ3n) is 3.43. The molecule has 0 amide bonds. The fraction of sp³-hybridized carbons (Fsp3) is 0.538. The second-order valence-electron chi connectivity index (χ2n) is 4.56. The van der Waals surface area contributed by atoms with Crippen molar-refractivity contribution < 1.29 is 5.11 Å². The molecule has 0 aliphatic carbocycles. The van der Waals surface area contributed by atoms with Gasteiger partial charge in [0.25, 0.3) is 0 Å². The van der Waals surface area contributed by atoms with Crippen LogP contribution < -0.4 is 10.6 Å². The van der Waals surface area contributed by atoms with E-state index < -0.39 is 0 Å². The van der Waals surface area contributed by atoms with Gasteiger partial charge in [0.05, 0.1) is 11.3 Å². The SMILES string of the molecule is N#Cc1ccnc(N2CCCC2CCCO)c1N. The highest BCUT2D eigenvalue weighted by Crippen LogP contribution is 2.31. The standard InChI is InChI=1S/C13H18N4O/c14-9-10-5-6-16-13(12(10)15)17-7-1-3-11(17)4-2-8-18/h5-6,11,18H,1-4,7-8,15H2. The summed E-state index contributed by atoms with van der Waals surface area (Å²) in [5.74, 6) is 0.717. The Bertz CT molecular complexity index is 455. The number of rotatable bonds is 4. The van der Waals surface area contributed by atoms with E-state index in [1.807, 2.05) is 0 Å². The van der Waals surface area contributed by atoms with Gasteiger partial charge in [0, 0.05) is 25.4 Å². The van der Waals surface area contributed by atoms with Crippen molar-refractivity contribution in [1.82, 2.24) is 4.98 Å². The van der Waals surface area contributed by atoms with Gasteiger partial charge in [-0.2, -0.15) is 5.26 Å². The smallest absolute Gasteiger partial charge is 0.153 e. The Kier molecular flexibility index (Phi) is 4.00. The van der Waals surface area contributed by atoms with Crippen molar-refractivity contribution in [3.05, 3.63) is 17.8 Å². The Balaban J connectivity index is 2.22. The van der Waals surface area contributed by atoms with Crippen LogP contribution in [0, 0.1) is 11.3 Å². The average Bonchev–Trinajstić information content (AvgIpc) is 2.84. The molecule has 1 unspecified atom stereocenters. The lowest BCUT2D eigenvalue weighted by molar-refractivity contribution is 0.279. The van der Waals surface area contributed by atoms with E-state index in [0.29, 0.717) is 17.3 Å². The molecule has 2 rings (SSSR count). The number of pyridine rings is 1. The molecule has 5 nitrogen and oxygen atoms in total. The molecule has 0 bridgehead atoms. The number of aliphatic hydroxyl groups excluding tert-OH is 1. The first kappa shape index (κ1) is 12.7. The van der Waals surface area contributed by atoms with E-state index in [0.717, 1.165) is 38.0 Å². The molecule has 96 valence electrons. The van der Waals surface area contributed by atoms with Crippen molar-refractivity contribution in [2.45, 2.75) is 31.7 Å². The monoisotopic (exact) mass is 246 g/mol. The first-order chi connectivity index (χ1) is 8.77. The Morgan fingerprint density at radius 3 is 3.17 bits per heavy atom. The van der Waals surface area contributed by atoms with Gasteiger partial charge in [0.2, 0.25) is 0 Å². The molecule has 2 heterocycles. The molecule has 1 fully saturated rings. The molecule has 1 aliphatic rings. The lowest BCUT2D eigenvalue weighted by atomic mass is 10.1. The highest BCUT2D eigenvalue weighted by Gasteiger charge is 2.27. The van der Waals surface area contributed by atoms with Gasteiger partial charge >= 0.3 is 0 Å². The number of aliphatic hydroxyl groups is 1. The third kappa shape index (κ3) is 2.39. The zero-order valence-corrected chi connectivity index (χ0v) is 10.3. The number of nitrogen functional groups attached to an aromatic ring is 1. The van der Waals surface area contributed by atoms with Crippen LogP contribution in [0.25, 0.3) is 0 Å². The normalized spacial score (nSPS) is 18.9. The minimum Gasteiger partial charge on any atom is -0.396 e. The largest absolute Gasteiger partial charge is 0.396 e. The number of aromatic nitrogens is 1. The Hall–Kier alpha value is -1.80. The summed E-state index contributed by atoms with van der Waals surface area (Å²) in [6.45, 7) is 1.13. The number of nitrogens with two attached hydrogens (primary N) is 1. The van der Waals surface area contributed by atoms with Crippen LogP contribution in [0.4, 0.5) is 11.5 Å². The summed E-state index contributed by atoms with van der Waals surface area (Å²) in [6, 6.07) is 4.10. The molecule has 0 spiro atoms. The number of hydrogen-bond donors (Lipinski definition) is 2. The van der Waals surface area contributed by atoms with E-state index in [9.17, 15) is 0 Å². The maximum Gasteiger partial charge on any atom is 0.153 e. The van der Waals surface area contributed by atoms with Gasteiger partial charge in [-0.3, -0.25) is 0 Å². The third-order valence-corrected chi connectivity index (χ3v) is 3.43. The first-order valence-electron chi connectivity index (χ1n) is 6.30. The lowest BCUT2D eigenvalue weighted by Crippen LogP contribution is -2.31. The van der Waals surface area contributed by atoms with Crippen LogP contribution in [-0.4, -0.2) is 29.3 Å². The minimum absolute atomic E-state index is 0.214. The second kappa shape index (κ2) is 5.69. The van der Waals surface area contributed by atoms with Crippen molar-refractivity contribution in [1.29, 1.82) is 5.26 Å². The molecule has 1 atom stereocenters. The average molecular weight is 246 g/mol. The lowest BCUT2D eigenvalue weighted by Gasteiger charge is -2.26. The predicted molar refractivity (Wildman–Crippen MR) is 70.1 cm³/mol. The van der Waals surface area contributed by atoms with E-state index in [-0.39, 0.29) is 6.61 Å². The van der Waals surface area contributed by atoms with Gasteiger partial charge < -0.3 is 15.7 Å². The highest BCUT2D eigenvalue weighted by atomic mass is 16.2. The first-order valence-corrected chi connectivity index (χ1v) is 6.30. The van der Waals surface area contributed by atoms with Gasteiger partial charge in [-0.1, -0.05) is 0 Å². The van der Waals surface area contributed by atoms with E-state index in [2.05, 4.69) is 16.0 Å². The van der Waals surface area contributed by atoms with Crippen molar-refractivity contribution in [2.75, 3.05) is 23.8 Å². The van der Waals surface area contributed by atoms with Crippen LogP contribution in [-0.2, 0) is 0 Å². The molecular weight excluding hydrogens is 228 g/mol. The highest BCUT2D eigenvalue weighted by molar-refractivity contribution is 5.70. The summed E-state index contributed by atoms with van der Waals surface area (Å²) in [5.41, 5.74) is 6.94. The van der Waals surface area contributed by atoms with Crippen molar-refractivity contribution in [2.24, 2.45) is 0 Å². The molecule has 1 aliphatic heterocycles. The number of nitrogens with zero attached hydrogens (tertiary/aromatic N) is 3. The summed E-state index contributed by atoms with van der Waals surface area (Å²) in [7, 11) is 0. The zero-order chi connectivity index (χ0) is 13.0. The van der Waals surface area contributed by atoms with Gasteiger partial charge in [-0.25, -0.2) is 4.98 Å². The van der Waals surface area contributed by atoms with Crippen molar-refractivity contribution >= 4 is 11.5 Å². The fourth-order valence-electron chi connectivity index (χ4n) is 2.53. The van der Waals surface area contributed by atoms with E-state index in [1.165, 1.54) is 0 Å². The van der Waals surface area contributed by atoms with E-state index in [1.54, 1.807) is 12.3 Å². The van der Waals surface area contributed by atoms with Crippen LogP contribution in [0.1, 0.15) is 31.2 Å². The molecule has 18 heavy (non-hydrogen) atoms. The number of nitriles is 1. The fourth-order valence-corrected chi connectivity index (χ4v) is 2.53. The van der Waals surface area contributed by atoms with Crippen molar-refractivity contribution in [3.8, 4) is 6.07 Å². The molecule has 1 saturated heterocycles. The van der Waals surface area contributed by atoms with Crippen LogP contribution in [0.2, 0.25) is 0 Å².